The quantitative estimate of drug-likeness (QED) is 0.417. The lowest BCUT2D eigenvalue weighted by atomic mass is 10.5. The van der Waals surface area contributed by atoms with Crippen LogP contribution < -0.4 is 0 Å². The molecule has 2 N–H and O–H groups in total. The largest absolute Gasteiger partial charge is 0.478 e. The molecule has 0 saturated heterocycles. The first kappa shape index (κ1) is 18.6. The molecule has 86 valence electrons. The monoisotopic (exact) mass is 218 g/mol. The van der Waals surface area contributed by atoms with Crippen molar-refractivity contribution < 1.29 is 29.3 Å². The molecule has 0 aliphatic rings. The summed E-state index contributed by atoms with van der Waals surface area (Å²) in [5.41, 5.74) is 0. The van der Waals surface area contributed by atoms with Gasteiger partial charge in [0.1, 0.15) is 0 Å². The highest BCUT2D eigenvalue weighted by Gasteiger charge is 1.88. The molecule has 0 unspecified atom stereocenters. The van der Waals surface area contributed by atoms with Gasteiger partial charge in [0.2, 0.25) is 0 Å². The van der Waals surface area contributed by atoms with E-state index in [4.69, 9.17) is 10.2 Å². The maximum absolute atomic E-state index is 9.75. The van der Waals surface area contributed by atoms with Crippen LogP contribution in [-0.4, -0.2) is 28.1 Å². The molecule has 6 heteroatoms. The second-order valence-electron chi connectivity index (χ2n) is 1.79. The number of aliphatic carboxylic acids is 2. The van der Waals surface area contributed by atoms with Crippen LogP contribution in [0.5, 0.6) is 0 Å². The van der Waals surface area contributed by atoms with E-state index in [0.29, 0.717) is 12.2 Å². The second kappa shape index (κ2) is 11.9. The molecule has 0 amide bonds. The standard InChI is InChI=1S/C4H4O4.C4H6O2.CH4/c5-3(6)1-2-4(7)8;1-3-6-4(2)5;/h1-2H,(H,5,6)(H,7,8);3H,1H2,2H3;1H4/b2-1-;;. The molecule has 0 aliphatic carbocycles. The molecule has 0 bridgehead atoms. The zero-order chi connectivity index (χ0) is 11.6. The number of carboxylic acid groups (broad SMARTS) is 2. The SMILES string of the molecule is C.C=COC(C)=O.O=C(O)/C=C\C(=O)O. The summed E-state index contributed by atoms with van der Waals surface area (Å²) in [5, 5.41) is 15.6. The highest BCUT2D eigenvalue weighted by atomic mass is 16.5. The summed E-state index contributed by atoms with van der Waals surface area (Å²) in [5.74, 6) is -2.84. The van der Waals surface area contributed by atoms with E-state index in [9.17, 15) is 14.4 Å². The summed E-state index contributed by atoms with van der Waals surface area (Å²) >= 11 is 0. The predicted molar refractivity (Wildman–Crippen MR) is 53.1 cm³/mol. The van der Waals surface area contributed by atoms with Gasteiger partial charge in [-0.25, -0.2) is 9.59 Å². The summed E-state index contributed by atoms with van der Waals surface area (Å²) in [6, 6.07) is 0. The summed E-state index contributed by atoms with van der Waals surface area (Å²) in [7, 11) is 0. The Bertz CT molecular complexity index is 237. The van der Waals surface area contributed by atoms with Crippen LogP contribution in [-0.2, 0) is 19.1 Å². The Kier molecular flexibility index (Phi) is 14.8. The van der Waals surface area contributed by atoms with E-state index in [-0.39, 0.29) is 13.4 Å². The first-order valence-corrected chi connectivity index (χ1v) is 3.32. The van der Waals surface area contributed by atoms with E-state index in [1.165, 1.54) is 6.92 Å². The fourth-order valence-electron chi connectivity index (χ4n) is 0.260. The van der Waals surface area contributed by atoms with Gasteiger partial charge < -0.3 is 14.9 Å². The van der Waals surface area contributed by atoms with E-state index in [2.05, 4.69) is 11.3 Å². The smallest absolute Gasteiger partial charge is 0.328 e. The molecular weight excluding hydrogens is 204 g/mol. The predicted octanol–water partition coefficient (Wildman–Crippen LogP) is 1.04. The normalized spacial score (nSPS) is 7.80. The Hall–Kier alpha value is -2.11. The van der Waals surface area contributed by atoms with Gasteiger partial charge >= 0.3 is 17.9 Å². The van der Waals surface area contributed by atoms with Gasteiger partial charge in [0.15, 0.2) is 0 Å². The number of hydrogen-bond acceptors (Lipinski definition) is 4. The van der Waals surface area contributed by atoms with Crippen LogP contribution in [0.4, 0.5) is 0 Å². The molecule has 0 aromatic heterocycles. The van der Waals surface area contributed by atoms with Gasteiger partial charge in [-0.05, 0) is 0 Å². The van der Waals surface area contributed by atoms with Crippen molar-refractivity contribution in [1.82, 2.24) is 0 Å². The maximum atomic E-state index is 9.75. The lowest BCUT2D eigenvalue weighted by molar-refractivity contribution is -0.135. The second-order valence-corrected chi connectivity index (χ2v) is 1.79. The third kappa shape index (κ3) is 33.5. The topological polar surface area (TPSA) is 101 Å². The van der Waals surface area contributed by atoms with Gasteiger partial charge in [0, 0.05) is 19.1 Å². The molecule has 0 radical (unpaired) electrons. The van der Waals surface area contributed by atoms with E-state index in [1.54, 1.807) is 0 Å². The summed E-state index contributed by atoms with van der Waals surface area (Å²) in [6.45, 7) is 4.48. The van der Waals surface area contributed by atoms with Gasteiger partial charge in [-0.15, -0.1) is 0 Å². The van der Waals surface area contributed by atoms with E-state index < -0.39 is 11.9 Å². The van der Waals surface area contributed by atoms with Gasteiger partial charge in [-0.1, -0.05) is 14.0 Å². The minimum atomic E-state index is -1.26. The molecular formula is C9H14O6. The fourth-order valence-corrected chi connectivity index (χ4v) is 0.260. The average molecular weight is 218 g/mol. The fraction of sp³-hybridized carbons (Fsp3) is 0.222. The highest BCUT2D eigenvalue weighted by Crippen LogP contribution is 1.71. The zero-order valence-electron chi connectivity index (χ0n) is 7.47. The Labute approximate surface area is 87.5 Å². The van der Waals surface area contributed by atoms with Gasteiger partial charge in [-0.2, -0.15) is 0 Å². The van der Waals surface area contributed by atoms with Gasteiger partial charge in [0.25, 0.3) is 0 Å². The van der Waals surface area contributed by atoms with Gasteiger partial charge in [-0.3, -0.25) is 4.79 Å². The molecule has 0 fully saturated rings. The molecule has 0 saturated carbocycles. The van der Waals surface area contributed by atoms with Crippen molar-refractivity contribution in [1.29, 1.82) is 0 Å². The molecule has 0 atom stereocenters. The third-order valence-electron chi connectivity index (χ3n) is 0.618. The number of ether oxygens (including phenoxy) is 1. The van der Waals surface area contributed by atoms with E-state index in [0.717, 1.165) is 6.26 Å². The van der Waals surface area contributed by atoms with E-state index >= 15 is 0 Å². The van der Waals surface area contributed by atoms with Crippen molar-refractivity contribution >= 4 is 17.9 Å². The molecule has 0 spiro atoms. The molecule has 0 aromatic carbocycles. The minimum absolute atomic E-state index is 0. The average Bonchev–Trinajstić information content (AvgIpc) is 2.01. The first-order chi connectivity index (χ1) is 6.40. The van der Waals surface area contributed by atoms with Crippen LogP contribution >= 0.6 is 0 Å². The molecule has 15 heavy (non-hydrogen) atoms. The number of carbonyl (C=O) groups is 3. The van der Waals surface area contributed by atoms with Crippen LogP contribution in [0.2, 0.25) is 0 Å². The molecule has 0 rings (SSSR count). The van der Waals surface area contributed by atoms with Crippen molar-refractivity contribution in [3.8, 4) is 0 Å². The van der Waals surface area contributed by atoms with Crippen molar-refractivity contribution in [3.05, 3.63) is 25.0 Å². The minimum Gasteiger partial charge on any atom is -0.478 e. The zero-order valence-corrected chi connectivity index (χ0v) is 7.47. The maximum Gasteiger partial charge on any atom is 0.328 e. The number of hydrogen-bond donors (Lipinski definition) is 2. The van der Waals surface area contributed by atoms with Crippen molar-refractivity contribution in [2.75, 3.05) is 0 Å². The number of carboxylic acids is 2. The summed E-state index contributed by atoms with van der Waals surface area (Å²) in [6.07, 6.45) is 2.22. The lowest BCUT2D eigenvalue weighted by Gasteiger charge is -1.83. The lowest BCUT2D eigenvalue weighted by Crippen LogP contribution is -1.91. The third-order valence-corrected chi connectivity index (χ3v) is 0.618. The molecule has 0 aromatic rings. The molecule has 0 heterocycles. The Morgan fingerprint density at radius 1 is 1.13 bits per heavy atom. The van der Waals surface area contributed by atoms with Crippen LogP contribution in [0.25, 0.3) is 0 Å². The summed E-state index contributed by atoms with van der Waals surface area (Å²) < 4.78 is 4.17. The van der Waals surface area contributed by atoms with Crippen LogP contribution in [0.3, 0.4) is 0 Å². The van der Waals surface area contributed by atoms with E-state index in [1.807, 2.05) is 0 Å². The highest BCUT2D eigenvalue weighted by molar-refractivity contribution is 5.89. The Balaban J connectivity index is -0.000000187. The Morgan fingerprint density at radius 2 is 1.47 bits per heavy atom. The molecule has 6 nitrogen and oxygen atoms in total. The number of rotatable bonds is 3. The van der Waals surface area contributed by atoms with Crippen LogP contribution in [0.1, 0.15) is 14.4 Å². The number of esters is 1. The van der Waals surface area contributed by atoms with Crippen LogP contribution in [0, 0.1) is 0 Å². The summed E-state index contributed by atoms with van der Waals surface area (Å²) in [4.78, 5) is 28.9. The van der Waals surface area contributed by atoms with Crippen molar-refractivity contribution in [2.24, 2.45) is 0 Å². The van der Waals surface area contributed by atoms with Crippen LogP contribution in [0.15, 0.2) is 25.0 Å². The van der Waals surface area contributed by atoms with Crippen molar-refractivity contribution in [3.63, 3.8) is 0 Å². The molecule has 0 aliphatic heterocycles. The van der Waals surface area contributed by atoms with Crippen molar-refractivity contribution in [2.45, 2.75) is 14.4 Å². The van der Waals surface area contributed by atoms with Gasteiger partial charge in [0.05, 0.1) is 6.26 Å². The number of carbonyl (C=O) groups excluding carboxylic acids is 1. The Morgan fingerprint density at radius 3 is 1.53 bits per heavy atom. The first-order valence-electron chi connectivity index (χ1n) is 3.32.